The lowest BCUT2D eigenvalue weighted by Gasteiger charge is -2.27. The van der Waals surface area contributed by atoms with Gasteiger partial charge in [-0.2, -0.15) is 0 Å². The van der Waals surface area contributed by atoms with Gasteiger partial charge < -0.3 is 20.5 Å². The zero-order valence-electron chi connectivity index (χ0n) is 12.4. The third-order valence-corrected chi connectivity index (χ3v) is 3.76. The molecule has 1 aliphatic carbocycles. The quantitative estimate of drug-likeness (QED) is 0.893. The van der Waals surface area contributed by atoms with Gasteiger partial charge in [-0.15, -0.1) is 12.4 Å². The minimum Gasteiger partial charge on any atom is -0.497 e. The second-order valence-corrected chi connectivity index (χ2v) is 5.15. The van der Waals surface area contributed by atoms with Crippen molar-refractivity contribution in [1.82, 2.24) is 5.32 Å². The van der Waals surface area contributed by atoms with Crippen molar-refractivity contribution in [1.29, 1.82) is 0 Å². The van der Waals surface area contributed by atoms with E-state index in [1.54, 1.807) is 32.4 Å². The number of nitrogens with one attached hydrogen (secondary N) is 1. The molecule has 1 aromatic rings. The van der Waals surface area contributed by atoms with Crippen molar-refractivity contribution >= 4 is 18.3 Å². The van der Waals surface area contributed by atoms with E-state index in [9.17, 15) is 4.79 Å². The summed E-state index contributed by atoms with van der Waals surface area (Å²) in [5.41, 5.74) is 6.40. The molecule has 0 heterocycles. The first-order chi connectivity index (χ1) is 9.63. The summed E-state index contributed by atoms with van der Waals surface area (Å²) in [5.74, 6) is 1.08. The number of hydrogen-bond donors (Lipinski definition) is 2. The van der Waals surface area contributed by atoms with Gasteiger partial charge in [-0.05, 0) is 37.8 Å². The maximum Gasteiger partial charge on any atom is 0.255 e. The molecule has 1 aliphatic rings. The Morgan fingerprint density at radius 2 is 1.86 bits per heavy atom. The zero-order chi connectivity index (χ0) is 14.5. The first-order valence-corrected chi connectivity index (χ1v) is 6.92. The summed E-state index contributed by atoms with van der Waals surface area (Å²) >= 11 is 0. The van der Waals surface area contributed by atoms with Crippen LogP contribution >= 0.6 is 12.4 Å². The van der Waals surface area contributed by atoms with Crippen LogP contribution in [0.15, 0.2) is 18.2 Å². The topological polar surface area (TPSA) is 73.6 Å². The van der Waals surface area contributed by atoms with Gasteiger partial charge in [0.1, 0.15) is 11.5 Å². The van der Waals surface area contributed by atoms with Crippen LogP contribution in [-0.2, 0) is 0 Å². The second-order valence-electron chi connectivity index (χ2n) is 5.15. The molecule has 0 atom stereocenters. The number of methoxy groups -OCH3 is 2. The number of ether oxygens (including phenoxy) is 2. The van der Waals surface area contributed by atoms with Gasteiger partial charge in [-0.1, -0.05) is 0 Å². The summed E-state index contributed by atoms with van der Waals surface area (Å²) in [6.07, 6.45) is 3.80. The van der Waals surface area contributed by atoms with Gasteiger partial charge in [0.05, 0.1) is 19.8 Å². The summed E-state index contributed by atoms with van der Waals surface area (Å²) in [5, 5.41) is 3.05. The van der Waals surface area contributed by atoms with Crippen molar-refractivity contribution in [2.75, 3.05) is 14.2 Å². The molecule has 1 saturated carbocycles. The molecule has 1 amide bonds. The molecule has 0 bridgehead atoms. The number of nitrogens with two attached hydrogens (primary N) is 1. The van der Waals surface area contributed by atoms with E-state index in [0.717, 1.165) is 25.7 Å². The van der Waals surface area contributed by atoms with E-state index in [1.165, 1.54) is 0 Å². The third-order valence-electron chi connectivity index (χ3n) is 3.76. The van der Waals surface area contributed by atoms with Crippen LogP contribution in [0.4, 0.5) is 0 Å². The predicted octanol–water partition coefficient (Wildman–Crippen LogP) is 2.13. The van der Waals surface area contributed by atoms with Crippen LogP contribution in [0.1, 0.15) is 36.0 Å². The Balaban J connectivity index is 0.00000220. The fraction of sp³-hybridized carbons (Fsp3) is 0.533. The Morgan fingerprint density at radius 1 is 1.19 bits per heavy atom. The molecule has 21 heavy (non-hydrogen) atoms. The van der Waals surface area contributed by atoms with Gasteiger partial charge >= 0.3 is 0 Å². The molecule has 1 aromatic carbocycles. The van der Waals surface area contributed by atoms with E-state index in [2.05, 4.69) is 5.32 Å². The lowest BCUT2D eigenvalue weighted by molar-refractivity contribution is 0.0923. The van der Waals surface area contributed by atoms with Crippen LogP contribution in [0.25, 0.3) is 0 Å². The SMILES string of the molecule is COc1ccc(C(=O)NC2CCC(N)CC2)c(OC)c1.Cl. The van der Waals surface area contributed by atoms with Gasteiger partial charge in [0.25, 0.3) is 5.91 Å². The molecular formula is C15H23ClN2O3. The molecule has 0 aliphatic heterocycles. The number of carbonyl (C=O) groups excluding carboxylic acids is 1. The van der Waals surface area contributed by atoms with E-state index in [-0.39, 0.29) is 30.4 Å². The summed E-state index contributed by atoms with van der Waals surface area (Å²) < 4.78 is 10.4. The highest BCUT2D eigenvalue weighted by Crippen LogP contribution is 2.25. The molecule has 5 nitrogen and oxygen atoms in total. The van der Waals surface area contributed by atoms with Crippen molar-refractivity contribution in [3.63, 3.8) is 0 Å². The standard InChI is InChI=1S/C15H22N2O3.ClH/c1-19-12-7-8-13(14(9-12)20-2)15(18)17-11-5-3-10(16)4-6-11;/h7-11H,3-6,16H2,1-2H3,(H,17,18);1H. The zero-order valence-corrected chi connectivity index (χ0v) is 13.2. The van der Waals surface area contributed by atoms with Gasteiger partial charge in [0.2, 0.25) is 0 Å². The molecule has 3 N–H and O–H groups in total. The van der Waals surface area contributed by atoms with Gasteiger partial charge in [-0.3, -0.25) is 4.79 Å². The summed E-state index contributed by atoms with van der Waals surface area (Å²) in [7, 11) is 3.13. The largest absolute Gasteiger partial charge is 0.497 e. The number of benzene rings is 1. The van der Waals surface area contributed by atoms with Crippen molar-refractivity contribution in [2.24, 2.45) is 5.73 Å². The summed E-state index contributed by atoms with van der Waals surface area (Å²) in [6, 6.07) is 5.68. The van der Waals surface area contributed by atoms with E-state index < -0.39 is 0 Å². The number of halogens is 1. The predicted molar refractivity (Wildman–Crippen MR) is 84.5 cm³/mol. The van der Waals surface area contributed by atoms with Crippen LogP contribution in [0.2, 0.25) is 0 Å². The Hall–Kier alpha value is -1.46. The Kier molecular flexibility index (Phi) is 6.78. The Labute approximate surface area is 131 Å². The average Bonchev–Trinajstić information content (AvgIpc) is 2.48. The van der Waals surface area contributed by atoms with Crippen LogP contribution in [0.3, 0.4) is 0 Å². The number of amides is 1. The van der Waals surface area contributed by atoms with E-state index in [0.29, 0.717) is 17.1 Å². The van der Waals surface area contributed by atoms with Gasteiger partial charge in [0.15, 0.2) is 0 Å². The Morgan fingerprint density at radius 3 is 2.43 bits per heavy atom. The fourth-order valence-electron chi connectivity index (χ4n) is 2.51. The van der Waals surface area contributed by atoms with E-state index >= 15 is 0 Å². The van der Waals surface area contributed by atoms with Crippen LogP contribution in [-0.4, -0.2) is 32.2 Å². The normalized spacial score (nSPS) is 21.1. The summed E-state index contributed by atoms with van der Waals surface area (Å²) in [6.45, 7) is 0. The average molecular weight is 315 g/mol. The molecule has 0 aromatic heterocycles. The number of hydrogen-bond acceptors (Lipinski definition) is 4. The minimum absolute atomic E-state index is 0. The van der Waals surface area contributed by atoms with Crippen LogP contribution in [0.5, 0.6) is 11.5 Å². The first kappa shape index (κ1) is 17.6. The lowest BCUT2D eigenvalue weighted by Crippen LogP contribution is -2.40. The van der Waals surface area contributed by atoms with Crippen molar-refractivity contribution in [3.05, 3.63) is 23.8 Å². The second kappa shape index (κ2) is 8.10. The number of carbonyl (C=O) groups is 1. The van der Waals surface area contributed by atoms with Crippen molar-refractivity contribution in [2.45, 2.75) is 37.8 Å². The van der Waals surface area contributed by atoms with Crippen molar-refractivity contribution in [3.8, 4) is 11.5 Å². The third kappa shape index (κ3) is 4.51. The molecule has 0 saturated heterocycles. The molecule has 118 valence electrons. The van der Waals surface area contributed by atoms with E-state index in [1.807, 2.05) is 0 Å². The minimum atomic E-state index is -0.107. The van der Waals surface area contributed by atoms with Crippen molar-refractivity contribution < 1.29 is 14.3 Å². The molecule has 6 heteroatoms. The highest BCUT2D eigenvalue weighted by atomic mass is 35.5. The molecule has 0 unspecified atom stereocenters. The maximum absolute atomic E-state index is 12.3. The highest BCUT2D eigenvalue weighted by Gasteiger charge is 2.22. The van der Waals surface area contributed by atoms with Crippen LogP contribution < -0.4 is 20.5 Å². The lowest BCUT2D eigenvalue weighted by atomic mass is 9.91. The van der Waals surface area contributed by atoms with E-state index in [4.69, 9.17) is 15.2 Å². The smallest absolute Gasteiger partial charge is 0.255 e. The molecule has 0 spiro atoms. The molecule has 1 fully saturated rings. The summed E-state index contributed by atoms with van der Waals surface area (Å²) in [4.78, 5) is 12.3. The molecular weight excluding hydrogens is 292 g/mol. The molecule has 0 radical (unpaired) electrons. The fourth-order valence-corrected chi connectivity index (χ4v) is 2.51. The monoisotopic (exact) mass is 314 g/mol. The van der Waals surface area contributed by atoms with Gasteiger partial charge in [0, 0.05) is 18.2 Å². The number of rotatable bonds is 4. The Bertz CT molecular complexity index is 474. The van der Waals surface area contributed by atoms with Gasteiger partial charge in [-0.25, -0.2) is 0 Å². The highest BCUT2D eigenvalue weighted by molar-refractivity contribution is 5.97. The first-order valence-electron chi connectivity index (χ1n) is 6.92. The van der Waals surface area contributed by atoms with Crippen LogP contribution in [0, 0.1) is 0 Å². The maximum atomic E-state index is 12.3. The molecule has 2 rings (SSSR count).